The summed E-state index contributed by atoms with van der Waals surface area (Å²) in [5, 5.41) is 0. The predicted molar refractivity (Wildman–Crippen MR) is 40.2 cm³/mol. The van der Waals surface area contributed by atoms with E-state index in [1.165, 1.54) is 12.8 Å². The molecule has 0 spiro atoms. The molecule has 3 nitrogen and oxygen atoms in total. The average molecular weight is 155 g/mol. The molecule has 0 aromatic rings. The van der Waals surface area contributed by atoms with Crippen LogP contribution in [0, 0.1) is 0 Å². The number of rotatable bonds is 0. The maximum atomic E-state index is 11.2. The fourth-order valence-corrected chi connectivity index (χ4v) is 1.89. The summed E-state index contributed by atoms with van der Waals surface area (Å²) in [6, 6.07) is 0.0949. The first-order valence-electron chi connectivity index (χ1n) is 4.28. The van der Waals surface area contributed by atoms with E-state index in [0.717, 1.165) is 19.5 Å². The Hall–Kier alpha value is -0.570. The smallest absolute Gasteiger partial charge is 0.323 e. The maximum absolute atomic E-state index is 11.2. The van der Waals surface area contributed by atoms with Gasteiger partial charge in [0, 0.05) is 6.54 Å². The third kappa shape index (κ3) is 1.25. The van der Waals surface area contributed by atoms with Gasteiger partial charge in [-0.3, -0.25) is 9.69 Å². The largest absolute Gasteiger partial charge is 0.463 e. The summed E-state index contributed by atoms with van der Waals surface area (Å²) in [7, 11) is 0. The van der Waals surface area contributed by atoms with Crippen LogP contribution in [0.15, 0.2) is 0 Å². The molecule has 2 heterocycles. The number of morpholine rings is 1. The van der Waals surface area contributed by atoms with Gasteiger partial charge in [0.1, 0.15) is 12.6 Å². The van der Waals surface area contributed by atoms with Crippen LogP contribution in [0.4, 0.5) is 0 Å². The van der Waals surface area contributed by atoms with Gasteiger partial charge in [0.2, 0.25) is 0 Å². The zero-order valence-electron chi connectivity index (χ0n) is 6.58. The van der Waals surface area contributed by atoms with Crippen molar-refractivity contribution in [2.75, 3.05) is 19.7 Å². The lowest BCUT2D eigenvalue weighted by molar-refractivity contribution is -0.159. The molecule has 0 amide bonds. The standard InChI is InChI=1S/C8H13NO2/c10-8-7-3-1-2-4-9(7)5-6-11-8/h7H,1-6H2/t7-/m1/s1. The molecule has 2 aliphatic heterocycles. The Balaban J connectivity index is 2.05. The van der Waals surface area contributed by atoms with Gasteiger partial charge in [0.15, 0.2) is 0 Å². The topological polar surface area (TPSA) is 29.5 Å². The number of carbonyl (C=O) groups excluding carboxylic acids is 1. The molecule has 62 valence electrons. The van der Waals surface area contributed by atoms with Gasteiger partial charge in [0.25, 0.3) is 0 Å². The monoisotopic (exact) mass is 155 g/mol. The lowest BCUT2D eigenvalue weighted by Crippen LogP contribution is -2.50. The second-order valence-electron chi connectivity index (χ2n) is 3.22. The molecular weight excluding hydrogens is 142 g/mol. The molecule has 0 aromatic heterocycles. The quantitative estimate of drug-likeness (QED) is 0.474. The first-order valence-corrected chi connectivity index (χ1v) is 4.28. The van der Waals surface area contributed by atoms with Gasteiger partial charge < -0.3 is 4.74 Å². The fraction of sp³-hybridized carbons (Fsp3) is 0.875. The summed E-state index contributed by atoms with van der Waals surface area (Å²) in [4.78, 5) is 13.4. The summed E-state index contributed by atoms with van der Waals surface area (Å²) in [5.74, 6) is -0.00375. The van der Waals surface area contributed by atoms with Crippen LogP contribution in [0.3, 0.4) is 0 Å². The van der Waals surface area contributed by atoms with Gasteiger partial charge in [-0.2, -0.15) is 0 Å². The molecule has 1 atom stereocenters. The Morgan fingerprint density at radius 3 is 3.09 bits per heavy atom. The van der Waals surface area contributed by atoms with Gasteiger partial charge in [-0.1, -0.05) is 6.42 Å². The van der Waals surface area contributed by atoms with Gasteiger partial charge in [-0.25, -0.2) is 0 Å². The van der Waals surface area contributed by atoms with Gasteiger partial charge in [-0.15, -0.1) is 0 Å². The number of hydrogen-bond acceptors (Lipinski definition) is 3. The molecule has 0 saturated carbocycles. The maximum Gasteiger partial charge on any atom is 0.323 e. The number of cyclic esters (lactones) is 1. The van der Waals surface area contributed by atoms with E-state index in [0.29, 0.717) is 6.61 Å². The van der Waals surface area contributed by atoms with Crippen molar-refractivity contribution >= 4 is 5.97 Å². The second-order valence-corrected chi connectivity index (χ2v) is 3.22. The number of esters is 1. The molecule has 3 heteroatoms. The highest BCUT2D eigenvalue weighted by atomic mass is 16.5. The summed E-state index contributed by atoms with van der Waals surface area (Å²) in [6.07, 6.45) is 3.42. The SMILES string of the molecule is O=C1OCCN2CCCC[C@H]12. The fourth-order valence-electron chi connectivity index (χ4n) is 1.89. The van der Waals surface area contributed by atoms with Crippen LogP contribution in [0.2, 0.25) is 0 Å². The van der Waals surface area contributed by atoms with E-state index in [-0.39, 0.29) is 12.0 Å². The van der Waals surface area contributed by atoms with Crippen LogP contribution in [0.25, 0.3) is 0 Å². The number of carbonyl (C=O) groups is 1. The number of fused-ring (bicyclic) bond motifs is 1. The first-order chi connectivity index (χ1) is 5.38. The van der Waals surface area contributed by atoms with Gasteiger partial charge in [0.05, 0.1) is 0 Å². The van der Waals surface area contributed by atoms with E-state index in [2.05, 4.69) is 4.90 Å². The Kier molecular flexibility index (Phi) is 1.82. The summed E-state index contributed by atoms with van der Waals surface area (Å²) >= 11 is 0. The third-order valence-electron chi connectivity index (χ3n) is 2.51. The number of ether oxygens (including phenoxy) is 1. The van der Waals surface area contributed by atoms with Crippen LogP contribution < -0.4 is 0 Å². The lowest BCUT2D eigenvalue weighted by atomic mass is 10.0. The summed E-state index contributed by atoms with van der Waals surface area (Å²) < 4.78 is 4.97. The third-order valence-corrected chi connectivity index (χ3v) is 2.51. The van der Waals surface area contributed by atoms with E-state index in [9.17, 15) is 4.79 Å². The minimum absolute atomic E-state index is 0.00375. The van der Waals surface area contributed by atoms with Crippen molar-refractivity contribution in [2.45, 2.75) is 25.3 Å². The molecule has 0 N–H and O–H groups in total. The lowest BCUT2D eigenvalue weighted by Gasteiger charge is -2.37. The molecule has 0 aromatic carbocycles. The Morgan fingerprint density at radius 2 is 2.27 bits per heavy atom. The number of nitrogens with zero attached hydrogens (tertiary/aromatic N) is 1. The molecule has 11 heavy (non-hydrogen) atoms. The van der Waals surface area contributed by atoms with Crippen molar-refractivity contribution in [2.24, 2.45) is 0 Å². The van der Waals surface area contributed by atoms with E-state index in [1.54, 1.807) is 0 Å². The van der Waals surface area contributed by atoms with Crippen molar-refractivity contribution in [3.8, 4) is 0 Å². The first kappa shape index (κ1) is 7.10. The highest BCUT2D eigenvalue weighted by Crippen LogP contribution is 2.20. The minimum atomic E-state index is -0.00375. The second kappa shape index (κ2) is 2.81. The zero-order chi connectivity index (χ0) is 7.68. The van der Waals surface area contributed by atoms with Crippen LogP contribution in [-0.2, 0) is 9.53 Å². The zero-order valence-corrected chi connectivity index (χ0v) is 6.58. The molecule has 0 radical (unpaired) electrons. The van der Waals surface area contributed by atoms with Crippen molar-refractivity contribution in [1.82, 2.24) is 4.90 Å². The molecule has 0 unspecified atom stereocenters. The Morgan fingerprint density at radius 1 is 1.36 bits per heavy atom. The minimum Gasteiger partial charge on any atom is -0.463 e. The van der Waals surface area contributed by atoms with E-state index in [4.69, 9.17) is 4.74 Å². The highest BCUT2D eigenvalue weighted by Gasteiger charge is 2.32. The van der Waals surface area contributed by atoms with Crippen LogP contribution in [0.1, 0.15) is 19.3 Å². The van der Waals surface area contributed by atoms with E-state index < -0.39 is 0 Å². The van der Waals surface area contributed by atoms with Crippen molar-refractivity contribution < 1.29 is 9.53 Å². The van der Waals surface area contributed by atoms with E-state index >= 15 is 0 Å². The summed E-state index contributed by atoms with van der Waals surface area (Å²) in [5.41, 5.74) is 0. The van der Waals surface area contributed by atoms with Crippen molar-refractivity contribution in [3.63, 3.8) is 0 Å². The Bertz CT molecular complexity index is 167. The van der Waals surface area contributed by atoms with E-state index in [1.807, 2.05) is 0 Å². The van der Waals surface area contributed by atoms with Crippen LogP contribution in [0.5, 0.6) is 0 Å². The molecule has 0 aliphatic carbocycles. The van der Waals surface area contributed by atoms with Crippen LogP contribution >= 0.6 is 0 Å². The molecule has 2 saturated heterocycles. The van der Waals surface area contributed by atoms with Crippen LogP contribution in [-0.4, -0.2) is 36.6 Å². The predicted octanol–water partition coefficient (Wildman–Crippen LogP) is 0.398. The average Bonchev–Trinajstić information content (AvgIpc) is 2.06. The summed E-state index contributed by atoms with van der Waals surface area (Å²) in [6.45, 7) is 2.62. The molecule has 0 bridgehead atoms. The molecule has 2 aliphatic rings. The molecule has 2 rings (SSSR count). The number of piperidine rings is 1. The molecular formula is C8H13NO2. The highest BCUT2D eigenvalue weighted by molar-refractivity contribution is 5.76. The molecule has 2 fully saturated rings. The van der Waals surface area contributed by atoms with Crippen molar-refractivity contribution in [3.05, 3.63) is 0 Å². The van der Waals surface area contributed by atoms with Gasteiger partial charge >= 0.3 is 5.97 Å². The normalized spacial score (nSPS) is 32.7. The number of hydrogen-bond donors (Lipinski definition) is 0. The Labute approximate surface area is 66.3 Å². The van der Waals surface area contributed by atoms with Gasteiger partial charge in [-0.05, 0) is 19.4 Å². The van der Waals surface area contributed by atoms with Crippen molar-refractivity contribution in [1.29, 1.82) is 0 Å².